The molecule has 1 unspecified atom stereocenters. The van der Waals surface area contributed by atoms with Gasteiger partial charge < -0.3 is 10.6 Å². The van der Waals surface area contributed by atoms with E-state index in [4.69, 9.17) is 11.6 Å². The summed E-state index contributed by atoms with van der Waals surface area (Å²) >= 11 is 6.36. The van der Waals surface area contributed by atoms with E-state index in [0.29, 0.717) is 29.2 Å². The van der Waals surface area contributed by atoms with Crippen LogP contribution in [0.2, 0.25) is 5.02 Å². The van der Waals surface area contributed by atoms with Gasteiger partial charge in [-0.2, -0.15) is 5.10 Å². The molecule has 0 radical (unpaired) electrons. The van der Waals surface area contributed by atoms with Gasteiger partial charge in [-0.1, -0.05) is 42.8 Å². The van der Waals surface area contributed by atoms with E-state index >= 15 is 0 Å². The molecule has 3 rings (SSSR count). The van der Waals surface area contributed by atoms with Crippen LogP contribution in [0.5, 0.6) is 0 Å². The van der Waals surface area contributed by atoms with Crippen LogP contribution in [0.3, 0.4) is 0 Å². The molecule has 32 heavy (non-hydrogen) atoms. The normalized spacial score (nSPS) is 11.8. The molecule has 1 heterocycles. The molecule has 7 heteroatoms. The van der Waals surface area contributed by atoms with E-state index in [9.17, 15) is 9.59 Å². The standard InChI is InChI=1S/C25H29ClN4O2/c1-5-19-6-8-20(9-7-19)10-13-24(31)27-21-11-12-23(22(26)15-21)28-25(32)18(4)30-17(3)14-16(2)29-30/h6-9,11-12,14-15,18H,5,10,13H2,1-4H3,(H,27,31)(H,28,32). The van der Waals surface area contributed by atoms with Crippen molar-refractivity contribution in [2.45, 2.75) is 53.0 Å². The minimum atomic E-state index is -0.481. The Labute approximate surface area is 194 Å². The fourth-order valence-electron chi connectivity index (χ4n) is 3.50. The van der Waals surface area contributed by atoms with E-state index in [2.05, 4.69) is 46.9 Å². The minimum absolute atomic E-state index is 0.0874. The molecule has 0 saturated carbocycles. The van der Waals surface area contributed by atoms with Gasteiger partial charge in [-0.15, -0.1) is 0 Å². The van der Waals surface area contributed by atoms with Gasteiger partial charge >= 0.3 is 0 Å². The molecule has 2 aromatic carbocycles. The number of halogens is 1. The molecule has 0 bridgehead atoms. The van der Waals surface area contributed by atoms with Gasteiger partial charge in [0.1, 0.15) is 6.04 Å². The summed E-state index contributed by atoms with van der Waals surface area (Å²) in [6.45, 7) is 7.70. The van der Waals surface area contributed by atoms with Crippen LogP contribution in [0.25, 0.3) is 0 Å². The van der Waals surface area contributed by atoms with Gasteiger partial charge in [0, 0.05) is 17.8 Å². The van der Waals surface area contributed by atoms with Crippen LogP contribution in [-0.2, 0) is 22.4 Å². The highest BCUT2D eigenvalue weighted by molar-refractivity contribution is 6.34. The first-order chi connectivity index (χ1) is 15.3. The van der Waals surface area contributed by atoms with Gasteiger partial charge in [0.15, 0.2) is 0 Å². The maximum absolute atomic E-state index is 12.6. The van der Waals surface area contributed by atoms with Crippen molar-refractivity contribution in [3.05, 3.63) is 76.1 Å². The van der Waals surface area contributed by atoms with Gasteiger partial charge in [-0.25, -0.2) is 0 Å². The average Bonchev–Trinajstić information content (AvgIpc) is 3.11. The van der Waals surface area contributed by atoms with Crippen LogP contribution >= 0.6 is 11.6 Å². The summed E-state index contributed by atoms with van der Waals surface area (Å²) < 4.78 is 1.68. The van der Waals surface area contributed by atoms with Crippen molar-refractivity contribution >= 4 is 34.8 Å². The van der Waals surface area contributed by atoms with Crippen molar-refractivity contribution in [3.63, 3.8) is 0 Å². The van der Waals surface area contributed by atoms with Crippen molar-refractivity contribution in [3.8, 4) is 0 Å². The molecule has 0 saturated heterocycles. The predicted molar refractivity (Wildman–Crippen MR) is 129 cm³/mol. The van der Waals surface area contributed by atoms with Crippen molar-refractivity contribution in [2.75, 3.05) is 10.6 Å². The van der Waals surface area contributed by atoms with Crippen LogP contribution in [0, 0.1) is 13.8 Å². The van der Waals surface area contributed by atoms with Gasteiger partial charge in [0.25, 0.3) is 0 Å². The fourth-order valence-corrected chi connectivity index (χ4v) is 3.73. The lowest BCUT2D eigenvalue weighted by Crippen LogP contribution is -2.25. The van der Waals surface area contributed by atoms with Crippen molar-refractivity contribution in [2.24, 2.45) is 0 Å². The predicted octanol–water partition coefficient (Wildman–Crippen LogP) is 5.49. The highest BCUT2D eigenvalue weighted by Crippen LogP contribution is 2.27. The fraction of sp³-hybridized carbons (Fsp3) is 0.320. The first kappa shape index (κ1) is 23.5. The van der Waals surface area contributed by atoms with Crippen LogP contribution in [-0.4, -0.2) is 21.6 Å². The average molecular weight is 453 g/mol. The number of rotatable bonds is 8. The largest absolute Gasteiger partial charge is 0.326 e. The highest BCUT2D eigenvalue weighted by Gasteiger charge is 2.19. The van der Waals surface area contributed by atoms with Crippen molar-refractivity contribution < 1.29 is 9.59 Å². The third-order valence-corrected chi connectivity index (χ3v) is 5.69. The molecular formula is C25H29ClN4O2. The number of hydrogen-bond acceptors (Lipinski definition) is 3. The Morgan fingerprint density at radius 3 is 2.31 bits per heavy atom. The number of hydrogen-bond donors (Lipinski definition) is 2. The van der Waals surface area contributed by atoms with E-state index in [-0.39, 0.29) is 11.8 Å². The second-order valence-electron chi connectivity index (χ2n) is 7.95. The number of amides is 2. The monoisotopic (exact) mass is 452 g/mol. The van der Waals surface area contributed by atoms with Crippen LogP contribution < -0.4 is 10.6 Å². The summed E-state index contributed by atoms with van der Waals surface area (Å²) in [5.74, 6) is -0.306. The number of aryl methyl sites for hydroxylation is 4. The van der Waals surface area contributed by atoms with Gasteiger partial charge in [-0.3, -0.25) is 14.3 Å². The van der Waals surface area contributed by atoms with Crippen molar-refractivity contribution in [1.82, 2.24) is 9.78 Å². The Morgan fingerprint density at radius 1 is 1.03 bits per heavy atom. The quantitative estimate of drug-likeness (QED) is 0.474. The molecule has 168 valence electrons. The number of nitrogens with one attached hydrogen (secondary N) is 2. The molecule has 1 aromatic heterocycles. The van der Waals surface area contributed by atoms with Crippen LogP contribution in [0.15, 0.2) is 48.5 Å². The van der Waals surface area contributed by atoms with E-state index in [1.54, 1.807) is 29.8 Å². The zero-order chi connectivity index (χ0) is 23.3. The summed E-state index contributed by atoms with van der Waals surface area (Å²) in [6.07, 6.45) is 2.04. The van der Waals surface area contributed by atoms with Crippen molar-refractivity contribution in [1.29, 1.82) is 0 Å². The number of benzene rings is 2. The number of anilines is 2. The van der Waals surface area contributed by atoms with Gasteiger partial charge in [-0.05, 0) is 69.0 Å². The number of aromatic nitrogens is 2. The smallest absolute Gasteiger partial charge is 0.248 e. The van der Waals surface area contributed by atoms with Gasteiger partial charge in [0.2, 0.25) is 11.8 Å². The van der Waals surface area contributed by atoms with Crippen LogP contribution in [0.4, 0.5) is 11.4 Å². The number of carbonyl (C=O) groups excluding carboxylic acids is 2. The molecule has 0 fully saturated rings. The lowest BCUT2D eigenvalue weighted by molar-refractivity contribution is -0.119. The second kappa shape index (κ2) is 10.5. The van der Waals surface area contributed by atoms with E-state index in [1.807, 2.05) is 19.9 Å². The first-order valence-electron chi connectivity index (χ1n) is 10.8. The number of carbonyl (C=O) groups is 2. The Hall–Kier alpha value is -3.12. The minimum Gasteiger partial charge on any atom is -0.326 e. The third-order valence-electron chi connectivity index (χ3n) is 5.37. The Kier molecular flexibility index (Phi) is 7.70. The lowest BCUT2D eigenvalue weighted by atomic mass is 10.1. The summed E-state index contributed by atoms with van der Waals surface area (Å²) in [4.78, 5) is 25.0. The molecule has 3 aromatic rings. The lowest BCUT2D eigenvalue weighted by Gasteiger charge is -2.16. The Balaban J connectivity index is 1.56. The third kappa shape index (κ3) is 5.98. The summed E-state index contributed by atoms with van der Waals surface area (Å²) in [7, 11) is 0. The van der Waals surface area contributed by atoms with E-state index < -0.39 is 6.04 Å². The van der Waals surface area contributed by atoms with Gasteiger partial charge in [0.05, 0.1) is 16.4 Å². The second-order valence-corrected chi connectivity index (χ2v) is 8.36. The Morgan fingerprint density at radius 2 is 1.72 bits per heavy atom. The molecule has 6 nitrogen and oxygen atoms in total. The zero-order valence-electron chi connectivity index (χ0n) is 18.9. The Bertz CT molecular complexity index is 1110. The zero-order valence-corrected chi connectivity index (χ0v) is 19.7. The molecule has 0 aliphatic heterocycles. The summed E-state index contributed by atoms with van der Waals surface area (Å²) in [5, 5.41) is 10.4. The highest BCUT2D eigenvalue weighted by atomic mass is 35.5. The summed E-state index contributed by atoms with van der Waals surface area (Å²) in [5.41, 5.74) is 5.26. The molecule has 0 spiro atoms. The molecule has 0 aliphatic rings. The van der Waals surface area contributed by atoms with Crippen LogP contribution in [0.1, 0.15) is 48.8 Å². The van der Waals surface area contributed by atoms with E-state index in [0.717, 1.165) is 23.4 Å². The molecule has 0 aliphatic carbocycles. The molecule has 1 atom stereocenters. The maximum atomic E-state index is 12.6. The maximum Gasteiger partial charge on any atom is 0.248 e. The first-order valence-corrected chi connectivity index (χ1v) is 11.2. The molecule has 2 N–H and O–H groups in total. The summed E-state index contributed by atoms with van der Waals surface area (Å²) in [6, 6.07) is 14.8. The number of nitrogens with zero attached hydrogens (tertiary/aromatic N) is 2. The molecule has 2 amide bonds. The topological polar surface area (TPSA) is 76.0 Å². The molecular weight excluding hydrogens is 424 g/mol. The van der Waals surface area contributed by atoms with E-state index in [1.165, 1.54) is 5.56 Å². The SMILES string of the molecule is CCc1ccc(CCC(=O)Nc2ccc(NC(=O)C(C)n3nc(C)cc3C)c(Cl)c2)cc1.